The molecule has 0 unspecified atom stereocenters. The van der Waals surface area contributed by atoms with Gasteiger partial charge in [0.15, 0.2) is 0 Å². The Morgan fingerprint density at radius 1 is 1.23 bits per heavy atom. The van der Waals surface area contributed by atoms with Crippen LogP contribution in [0.3, 0.4) is 0 Å². The molecule has 116 valence electrons. The molecule has 1 amide bonds. The van der Waals surface area contributed by atoms with Crippen LogP contribution in [0.15, 0.2) is 40.9 Å². The summed E-state index contributed by atoms with van der Waals surface area (Å²) in [6, 6.07) is 10.8. The van der Waals surface area contributed by atoms with Crippen LogP contribution in [0.5, 0.6) is 5.75 Å². The van der Waals surface area contributed by atoms with Crippen LogP contribution in [0, 0.1) is 6.92 Å². The number of carbonyl (C=O) groups excluding carboxylic acids is 1. The van der Waals surface area contributed by atoms with E-state index in [1.165, 1.54) is 0 Å². The Bertz CT molecular complexity index is 642. The smallest absolute Gasteiger partial charge is 0.256 e. The van der Waals surface area contributed by atoms with Gasteiger partial charge in [-0.1, -0.05) is 13.3 Å². The Morgan fingerprint density at radius 3 is 2.59 bits per heavy atom. The summed E-state index contributed by atoms with van der Waals surface area (Å²) in [5.74, 6) is 1.13. The molecular weight excluding hydrogens is 344 g/mol. The summed E-state index contributed by atoms with van der Waals surface area (Å²) in [5.41, 5.74) is 1.41. The van der Waals surface area contributed by atoms with Crippen molar-refractivity contribution in [2.45, 2.75) is 26.7 Å². The van der Waals surface area contributed by atoms with Gasteiger partial charge in [0, 0.05) is 10.0 Å². The normalized spacial score (nSPS) is 10.3. The van der Waals surface area contributed by atoms with E-state index in [-0.39, 0.29) is 5.91 Å². The van der Waals surface area contributed by atoms with Crippen LogP contribution < -0.4 is 10.1 Å². The van der Waals surface area contributed by atoms with Gasteiger partial charge >= 0.3 is 0 Å². The van der Waals surface area contributed by atoms with Gasteiger partial charge in [0.05, 0.1) is 12.3 Å². The number of amides is 1. The molecule has 0 saturated carbocycles. The second-order valence-corrected chi connectivity index (χ2v) is 5.80. The van der Waals surface area contributed by atoms with Crippen LogP contribution in [-0.2, 0) is 0 Å². The van der Waals surface area contributed by atoms with Crippen molar-refractivity contribution in [3.63, 3.8) is 0 Å². The van der Waals surface area contributed by atoms with Crippen molar-refractivity contribution in [2.24, 2.45) is 0 Å². The lowest BCUT2D eigenvalue weighted by Crippen LogP contribution is -2.13. The van der Waals surface area contributed by atoms with Gasteiger partial charge in [-0.05, 0) is 65.7 Å². The molecule has 4 nitrogen and oxygen atoms in total. The number of pyridine rings is 1. The van der Waals surface area contributed by atoms with Gasteiger partial charge in [-0.15, -0.1) is 0 Å². The third kappa shape index (κ3) is 4.56. The predicted molar refractivity (Wildman–Crippen MR) is 91.5 cm³/mol. The van der Waals surface area contributed by atoms with Crippen molar-refractivity contribution in [3.05, 3.63) is 52.1 Å². The van der Waals surface area contributed by atoms with Crippen LogP contribution in [0.1, 0.15) is 35.8 Å². The van der Waals surface area contributed by atoms with E-state index >= 15 is 0 Å². The molecule has 1 heterocycles. The van der Waals surface area contributed by atoms with E-state index in [1.54, 1.807) is 18.2 Å². The number of hydrogen-bond acceptors (Lipinski definition) is 3. The number of hydrogen-bond donors (Lipinski definition) is 1. The molecule has 2 aromatic rings. The van der Waals surface area contributed by atoms with Crippen molar-refractivity contribution in [1.29, 1.82) is 0 Å². The summed E-state index contributed by atoms with van der Waals surface area (Å²) in [6.45, 7) is 4.70. The first kappa shape index (κ1) is 16.5. The number of ether oxygens (including phenoxy) is 1. The second-order valence-electron chi connectivity index (χ2n) is 4.94. The number of halogens is 1. The first-order valence-electron chi connectivity index (χ1n) is 7.27. The molecule has 0 spiro atoms. The van der Waals surface area contributed by atoms with Crippen molar-refractivity contribution >= 4 is 27.7 Å². The monoisotopic (exact) mass is 362 g/mol. The Morgan fingerprint density at radius 2 is 1.95 bits per heavy atom. The number of aromatic nitrogens is 1. The lowest BCUT2D eigenvalue weighted by atomic mass is 10.2. The molecular formula is C17H19BrN2O2. The molecule has 1 aromatic carbocycles. The van der Waals surface area contributed by atoms with Crippen LogP contribution >= 0.6 is 15.9 Å². The SMILES string of the molecule is CCCCOc1ccc(C(=O)Nc2ccc(Br)c(C)n2)cc1. The molecule has 2 rings (SSSR count). The average molecular weight is 363 g/mol. The third-order valence-electron chi connectivity index (χ3n) is 3.15. The minimum Gasteiger partial charge on any atom is -0.494 e. The van der Waals surface area contributed by atoms with E-state index in [1.807, 2.05) is 25.1 Å². The molecule has 0 atom stereocenters. The maximum Gasteiger partial charge on any atom is 0.256 e. The van der Waals surface area contributed by atoms with Gasteiger partial charge in [0.2, 0.25) is 0 Å². The molecule has 22 heavy (non-hydrogen) atoms. The van der Waals surface area contributed by atoms with E-state index in [9.17, 15) is 4.79 Å². The number of rotatable bonds is 6. The van der Waals surface area contributed by atoms with E-state index in [0.29, 0.717) is 18.0 Å². The fraction of sp³-hybridized carbons (Fsp3) is 0.294. The molecule has 0 aliphatic rings. The quantitative estimate of drug-likeness (QED) is 0.764. The van der Waals surface area contributed by atoms with Crippen molar-refractivity contribution in [1.82, 2.24) is 4.98 Å². The number of anilines is 1. The van der Waals surface area contributed by atoms with Crippen molar-refractivity contribution < 1.29 is 9.53 Å². The lowest BCUT2D eigenvalue weighted by molar-refractivity contribution is 0.102. The Labute approximate surface area is 139 Å². The minimum absolute atomic E-state index is 0.186. The highest BCUT2D eigenvalue weighted by Gasteiger charge is 2.08. The molecule has 0 aliphatic heterocycles. The maximum atomic E-state index is 12.2. The van der Waals surface area contributed by atoms with Crippen LogP contribution in [0.4, 0.5) is 5.82 Å². The summed E-state index contributed by atoms with van der Waals surface area (Å²) in [7, 11) is 0. The van der Waals surface area contributed by atoms with E-state index < -0.39 is 0 Å². The number of nitrogens with one attached hydrogen (secondary N) is 1. The lowest BCUT2D eigenvalue weighted by Gasteiger charge is -2.08. The van der Waals surface area contributed by atoms with E-state index in [0.717, 1.165) is 28.8 Å². The zero-order chi connectivity index (χ0) is 15.9. The first-order valence-corrected chi connectivity index (χ1v) is 8.07. The Kier molecular flexibility index (Phi) is 5.95. The summed E-state index contributed by atoms with van der Waals surface area (Å²) in [5, 5.41) is 2.79. The van der Waals surface area contributed by atoms with Gasteiger partial charge in [0.1, 0.15) is 11.6 Å². The number of benzene rings is 1. The molecule has 0 radical (unpaired) electrons. The third-order valence-corrected chi connectivity index (χ3v) is 3.98. The fourth-order valence-corrected chi connectivity index (χ4v) is 2.06. The zero-order valence-electron chi connectivity index (χ0n) is 12.7. The fourth-order valence-electron chi connectivity index (χ4n) is 1.84. The molecule has 1 N–H and O–H groups in total. The maximum absolute atomic E-state index is 12.2. The number of unbranched alkanes of at least 4 members (excludes halogenated alkanes) is 1. The molecule has 0 fully saturated rings. The second kappa shape index (κ2) is 7.94. The summed E-state index contributed by atoms with van der Waals surface area (Å²) in [4.78, 5) is 16.5. The van der Waals surface area contributed by atoms with Gasteiger partial charge < -0.3 is 10.1 Å². The summed E-state index contributed by atoms with van der Waals surface area (Å²) in [6.07, 6.45) is 2.12. The molecule has 0 saturated heterocycles. The van der Waals surface area contributed by atoms with Crippen LogP contribution in [0.25, 0.3) is 0 Å². The van der Waals surface area contributed by atoms with Crippen molar-refractivity contribution in [2.75, 3.05) is 11.9 Å². The van der Waals surface area contributed by atoms with Gasteiger partial charge in [0.25, 0.3) is 5.91 Å². The standard InChI is InChI=1S/C17H19BrN2O2/c1-3-4-11-22-14-7-5-13(6-8-14)17(21)20-16-10-9-15(18)12(2)19-16/h5-10H,3-4,11H2,1-2H3,(H,19,20,21). The van der Waals surface area contributed by atoms with Crippen molar-refractivity contribution in [3.8, 4) is 5.75 Å². The molecule has 5 heteroatoms. The average Bonchev–Trinajstić information content (AvgIpc) is 2.52. The van der Waals surface area contributed by atoms with E-state index in [2.05, 4.69) is 33.2 Å². The highest BCUT2D eigenvalue weighted by Crippen LogP contribution is 2.17. The number of aryl methyl sites for hydroxylation is 1. The molecule has 1 aromatic heterocycles. The van der Waals surface area contributed by atoms with Gasteiger partial charge in [-0.2, -0.15) is 0 Å². The first-order chi connectivity index (χ1) is 10.6. The Balaban J connectivity index is 1.98. The van der Waals surface area contributed by atoms with Crippen LogP contribution in [0.2, 0.25) is 0 Å². The largest absolute Gasteiger partial charge is 0.494 e. The highest BCUT2D eigenvalue weighted by molar-refractivity contribution is 9.10. The summed E-state index contributed by atoms with van der Waals surface area (Å²) < 4.78 is 6.49. The molecule has 0 bridgehead atoms. The van der Waals surface area contributed by atoms with Gasteiger partial charge in [-0.3, -0.25) is 4.79 Å². The highest BCUT2D eigenvalue weighted by atomic mass is 79.9. The Hall–Kier alpha value is -1.88. The van der Waals surface area contributed by atoms with E-state index in [4.69, 9.17) is 4.74 Å². The minimum atomic E-state index is -0.186. The van der Waals surface area contributed by atoms with Crippen LogP contribution in [-0.4, -0.2) is 17.5 Å². The topological polar surface area (TPSA) is 51.2 Å². The summed E-state index contributed by atoms with van der Waals surface area (Å²) >= 11 is 3.39. The predicted octanol–water partition coefficient (Wildman–Crippen LogP) is 4.58. The van der Waals surface area contributed by atoms with Gasteiger partial charge in [-0.25, -0.2) is 4.98 Å². The molecule has 0 aliphatic carbocycles. The number of nitrogens with zero attached hydrogens (tertiary/aromatic N) is 1. The number of carbonyl (C=O) groups is 1. The zero-order valence-corrected chi connectivity index (χ0v) is 14.3.